The van der Waals surface area contributed by atoms with E-state index < -0.39 is 41.4 Å². The van der Waals surface area contributed by atoms with Gasteiger partial charge in [-0.15, -0.1) is 0 Å². The predicted molar refractivity (Wildman–Crippen MR) is 155 cm³/mol. The number of piperidine rings is 2. The number of hydrogen-bond donors (Lipinski definition) is 4. The molecule has 0 unspecified atom stereocenters. The SMILES string of the molecule is CC(C)CC(=O)C(=O)Nc1ccc(C(=O)N(N[C@@H](C)C(=O)O)C(=O)[C@@H]2CCCN(C(=O)CCC3CCNCC3)C2)cc1. The summed E-state index contributed by atoms with van der Waals surface area (Å²) in [4.78, 5) is 77.4. The summed E-state index contributed by atoms with van der Waals surface area (Å²) in [5.74, 6) is -4.10. The summed E-state index contributed by atoms with van der Waals surface area (Å²) in [7, 11) is 0. The molecule has 1 aromatic carbocycles. The van der Waals surface area contributed by atoms with Crippen molar-refractivity contribution in [2.24, 2.45) is 17.8 Å². The third-order valence-corrected chi connectivity index (χ3v) is 7.70. The summed E-state index contributed by atoms with van der Waals surface area (Å²) in [6.07, 6.45) is 4.46. The zero-order valence-corrected chi connectivity index (χ0v) is 24.7. The number of carboxylic acids is 1. The van der Waals surface area contributed by atoms with E-state index in [1.54, 1.807) is 4.90 Å². The molecule has 12 heteroatoms. The van der Waals surface area contributed by atoms with E-state index in [0.717, 1.165) is 37.4 Å². The molecule has 42 heavy (non-hydrogen) atoms. The van der Waals surface area contributed by atoms with Crippen LogP contribution in [-0.2, 0) is 24.0 Å². The number of carbonyl (C=O) groups is 6. The first-order valence-electron chi connectivity index (χ1n) is 14.8. The Hall–Kier alpha value is -3.64. The maximum atomic E-state index is 13.6. The number of anilines is 1. The van der Waals surface area contributed by atoms with E-state index in [4.69, 9.17) is 0 Å². The molecular weight excluding hydrogens is 542 g/mol. The molecule has 4 amide bonds. The Morgan fingerprint density at radius 2 is 1.69 bits per heavy atom. The fourth-order valence-electron chi connectivity index (χ4n) is 5.20. The molecule has 0 bridgehead atoms. The van der Waals surface area contributed by atoms with Gasteiger partial charge in [0.25, 0.3) is 11.8 Å². The van der Waals surface area contributed by atoms with Crippen LogP contribution in [0.3, 0.4) is 0 Å². The van der Waals surface area contributed by atoms with Gasteiger partial charge in [-0.2, -0.15) is 0 Å². The molecule has 1 aromatic rings. The van der Waals surface area contributed by atoms with Crippen LogP contribution in [0.5, 0.6) is 0 Å². The number of ketones is 1. The highest BCUT2D eigenvalue weighted by Gasteiger charge is 2.36. The molecule has 4 N–H and O–H groups in total. The van der Waals surface area contributed by atoms with Gasteiger partial charge < -0.3 is 20.6 Å². The number of hydrogen-bond acceptors (Lipinski definition) is 8. The van der Waals surface area contributed by atoms with Gasteiger partial charge in [0.05, 0.1) is 5.92 Å². The Bertz CT molecular complexity index is 1150. The Kier molecular flexibility index (Phi) is 12.2. The summed E-state index contributed by atoms with van der Waals surface area (Å²) in [6.45, 7) is 7.59. The molecule has 2 aliphatic heterocycles. The van der Waals surface area contributed by atoms with Gasteiger partial charge in [-0.25, -0.2) is 10.4 Å². The van der Waals surface area contributed by atoms with Crippen molar-refractivity contribution in [3.05, 3.63) is 29.8 Å². The van der Waals surface area contributed by atoms with Crippen molar-refractivity contribution in [3.63, 3.8) is 0 Å². The van der Waals surface area contributed by atoms with E-state index in [1.165, 1.54) is 31.2 Å². The largest absolute Gasteiger partial charge is 0.480 e. The van der Waals surface area contributed by atoms with Gasteiger partial charge in [0, 0.05) is 37.2 Å². The van der Waals surface area contributed by atoms with E-state index in [-0.39, 0.29) is 30.4 Å². The lowest BCUT2D eigenvalue weighted by Gasteiger charge is -2.35. The topological polar surface area (TPSA) is 165 Å². The van der Waals surface area contributed by atoms with E-state index in [9.17, 15) is 33.9 Å². The normalized spacial score (nSPS) is 18.3. The van der Waals surface area contributed by atoms with Crippen LogP contribution >= 0.6 is 0 Å². The highest BCUT2D eigenvalue weighted by molar-refractivity contribution is 6.40. The van der Waals surface area contributed by atoms with Gasteiger partial charge in [0.2, 0.25) is 17.6 Å². The van der Waals surface area contributed by atoms with Crippen molar-refractivity contribution < 1.29 is 33.9 Å². The highest BCUT2D eigenvalue weighted by Crippen LogP contribution is 2.23. The third kappa shape index (κ3) is 9.45. The molecule has 2 atom stereocenters. The molecule has 12 nitrogen and oxygen atoms in total. The number of benzene rings is 1. The van der Waals surface area contributed by atoms with Gasteiger partial charge >= 0.3 is 5.97 Å². The molecule has 3 rings (SSSR count). The smallest absolute Gasteiger partial charge is 0.322 e. The number of carboxylic acid groups (broad SMARTS) is 1. The van der Waals surface area contributed by atoms with E-state index in [0.29, 0.717) is 37.4 Å². The fourth-order valence-corrected chi connectivity index (χ4v) is 5.20. The number of amides is 4. The van der Waals surface area contributed by atoms with Crippen LogP contribution in [0, 0.1) is 17.8 Å². The molecule has 2 saturated heterocycles. The van der Waals surface area contributed by atoms with Crippen LogP contribution < -0.4 is 16.1 Å². The number of nitrogens with zero attached hydrogens (tertiary/aromatic N) is 2. The van der Waals surface area contributed by atoms with E-state index in [1.807, 2.05) is 13.8 Å². The quantitative estimate of drug-likeness (QED) is 0.163. The molecule has 2 aliphatic rings. The number of imide groups is 1. The van der Waals surface area contributed by atoms with E-state index >= 15 is 0 Å². The summed E-state index contributed by atoms with van der Waals surface area (Å²) < 4.78 is 0. The molecule has 2 heterocycles. The lowest BCUT2D eigenvalue weighted by molar-refractivity contribution is -0.144. The van der Waals surface area contributed by atoms with Gasteiger partial charge in [-0.1, -0.05) is 13.8 Å². The third-order valence-electron chi connectivity index (χ3n) is 7.70. The van der Waals surface area contributed by atoms with Crippen molar-refractivity contribution in [1.82, 2.24) is 20.7 Å². The summed E-state index contributed by atoms with van der Waals surface area (Å²) in [6, 6.07) is 4.39. The Labute approximate surface area is 246 Å². The lowest BCUT2D eigenvalue weighted by Crippen LogP contribution is -2.56. The zero-order chi connectivity index (χ0) is 30.8. The van der Waals surface area contributed by atoms with Gasteiger partial charge in [-0.3, -0.25) is 28.8 Å². The number of hydrazine groups is 1. The number of rotatable bonds is 12. The first-order valence-corrected chi connectivity index (χ1v) is 14.8. The molecule has 2 fully saturated rings. The molecule has 0 radical (unpaired) electrons. The van der Waals surface area contributed by atoms with Crippen LogP contribution in [0.25, 0.3) is 0 Å². The average Bonchev–Trinajstić information content (AvgIpc) is 2.98. The number of carbonyl (C=O) groups excluding carboxylic acids is 5. The first-order chi connectivity index (χ1) is 20.0. The minimum atomic E-state index is -1.25. The molecule has 0 spiro atoms. The Morgan fingerprint density at radius 3 is 2.31 bits per heavy atom. The van der Waals surface area contributed by atoms with Gasteiger partial charge in [0.15, 0.2) is 0 Å². The second kappa shape index (κ2) is 15.5. The van der Waals surface area contributed by atoms with Crippen LogP contribution in [0.1, 0.15) is 76.1 Å². The lowest BCUT2D eigenvalue weighted by atomic mass is 9.92. The summed E-state index contributed by atoms with van der Waals surface area (Å²) >= 11 is 0. The Morgan fingerprint density at radius 1 is 1.02 bits per heavy atom. The standard InChI is InChI=1S/C30H43N5O7/c1-19(2)17-25(36)27(38)32-24-9-7-22(8-10-24)28(39)35(33-20(3)30(41)42)29(40)23-5-4-16-34(18-23)26(37)11-6-21-12-14-31-15-13-21/h7-10,19-21,23,31,33H,4-6,11-18H2,1-3H3,(H,32,38)(H,41,42)/t20-,23+/m0/s1. The second-order valence-electron chi connectivity index (χ2n) is 11.6. The molecule has 0 aromatic heterocycles. The zero-order valence-electron chi connectivity index (χ0n) is 24.7. The van der Waals surface area contributed by atoms with Gasteiger partial charge in [0.1, 0.15) is 6.04 Å². The monoisotopic (exact) mass is 585 g/mol. The molecular formula is C30H43N5O7. The number of likely N-dealkylation sites (tertiary alicyclic amines) is 1. The number of aliphatic carboxylic acids is 1. The highest BCUT2D eigenvalue weighted by atomic mass is 16.4. The summed E-state index contributed by atoms with van der Waals surface area (Å²) in [5.41, 5.74) is 2.89. The molecule has 0 aliphatic carbocycles. The van der Waals surface area contributed by atoms with E-state index in [2.05, 4.69) is 16.1 Å². The van der Waals surface area contributed by atoms with Gasteiger partial charge in [-0.05, 0) is 88.2 Å². The van der Waals surface area contributed by atoms with Crippen molar-refractivity contribution in [2.75, 3.05) is 31.5 Å². The molecule has 0 saturated carbocycles. The fraction of sp³-hybridized carbons (Fsp3) is 0.600. The van der Waals surface area contributed by atoms with Crippen LogP contribution in [0.15, 0.2) is 24.3 Å². The minimum Gasteiger partial charge on any atom is -0.480 e. The number of Topliss-reactive ketones (excluding diaryl/α,β-unsaturated/α-hetero) is 1. The predicted octanol–water partition coefficient (Wildman–Crippen LogP) is 2.21. The maximum absolute atomic E-state index is 13.6. The van der Waals surface area contributed by atoms with Crippen molar-refractivity contribution in [2.45, 2.75) is 71.8 Å². The minimum absolute atomic E-state index is 0.0136. The van der Waals surface area contributed by atoms with Crippen molar-refractivity contribution in [1.29, 1.82) is 0 Å². The maximum Gasteiger partial charge on any atom is 0.322 e. The average molecular weight is 586 g/mol. The van der Waals surface area contributed by atoms with Crippen LogP contribution in [-0.4, -0.2) is 82.6 Å². The first kappa shape index (κ1) is 32.9. The number of nitrogens with one attached hydrogen (secondary N) is 3. The van der Waals surface area contributed by atoms with Crippen molar-refractivity contribution in [3.8, 4) is 0 Å². The van der Waals surface area contributed by atoms with Crippen LogP contribution in [0.4, 0.5) is 5.69 Å². The van der Waals surface area contributed by atoms with Crippen LogP contribution in [0.2, 0.25) is 0 Å². The molecule has 230 valence electrons. The van der Waals surface area contributed by atoms with Crippen molar-refractivity contribution >= 4 is 41.1 Å². The summed E-state index contributed by atoms with van der Waals surface area (Å²) in [5, 5.41) is 16.0. The Balaban J connectivity index is 1.68. The second-order valence-corrected chi connectivity index (χ2v) is 11.6.